The molecule has 0 aliphatic rings. The second kappa shape index (κ2) is 5.50. The van der Waals surface area contributed by atoms with Crippen molar-refractivity contribution in [3.05, 3.63) is 51.2 Å². The van der Waals surface area contributed by atoms with Crippen molar-refractivity contribution in [3.63, 3.8) is 0 Å². The number of hydrogen-bond donors (Lipinski definition) is 1. The third kappa shape index (κ3) is 2.50. The van der Waals surface area contributed by atoms with Crippen LogP contribution in [-0.4, -0.2) is 9.91 Å². The van der Waals surface area contributed by atoms with Gasteiger partial charge in [0, 0.05) is 17.1 Å². The highest BCUT2D eigenvalue weighted by atomic mass is 32.1. The van der Waals surface area contributed by atoms with Gasteiger partial charge in [0.15, 0.2) is 0 Å². The highest BCUT2D eigenvalue weighted by Gasteiger charge is 2.18. The van der Waals surface area contributed by atoms with Crippen LogP contribution in [0.3, 0.4) is 0 Å². The van der Waals surface area contributed by atoms with E-state index < -0.39 is 4.92 Å². The summed E-state index contributed by atoms with van der Waals surface area (Å²) in [6.07, 6.45) is 0. The van der Waals surface area contributed by atoms with Crippen molar-refractivity contribution in [2.24, 2.45) is 5.73 Å². The molecule has 0 fully saturated rings. The lowest BCUT2D eigenvalue weighted by atomic mass is 10.1. The van der Waals surface area contributed by atoms with Crippen molar-refractivity contribution in [1.82, 2.24) is 4.98 Å². The number of rotatable bonds is 3. The summed E-state index contributed by atoms with van der Waals surface area (Å²) in [7, 11) is 0. The Morgan fingerprint density at radius 1 is 1.50 bits per heavy atom. The molecular weight excluding hydrogens is 276 g/mol. The summed E-state index contributed by atoms with van der Waals surface area (Å²) >= 11 is 1.24. The maximum atomic E-state index is 11.0. The van der Waals surface area contributed by atoms with E-state index in [1.54, 1.807) is 30.5 Å². The number of nitrogens with two attached hydrogens (primary N) is 1. The Bertz CT molecular complexity index is 739. The van der Waals surface area contributed by atoms with E-state index in [2.05, 4.69) is 4.98 Å². The minimum Gasteiger partial charge on any atom is -0.401 e. The fourth-order valence-electron chi connectivity index (χ4n) is 1.67. The molecule has 2 N–H and O–H groups in total. The molecule has 0 aliphatic carbocycles. The Morgan fingerprint density at radius 2 is 2.20 bits per heavy atom. The zero-order chi connectivity index (χ0) is 14.7. The maximum Gasteiger partial charge on any atom is 0.279 e. The minimum absolute atomic E-state index is 0.0136. The van der Waals surface area contributed by atoms with Crippen LogP contribution in [-0.2, 0) is 0 Å². The average molecular weight is 286 g/mol. The van der Waals surface area contributed by atoms with Crippen LogP contribution in [0.15, 0.2) is 35.3 Å². The van der Waals surface area contributed by atoms with Gasteiger partial charge in [0.1, 0.15) is 11.1 Å². The predicted octanol–water partition coefficient (Wildman–Crippen LogP) is 2.93. The van der Waals surface area contributed by atoms with Crippen molar-refractivity contribution in [3.8, 4) is 16.6 Å². The van der Waals surface area contributed by atoms with E-state index in [4.69, 9.17) is 11.0 Å². The molecule has 1 aromatic carbocycles. The summed E-state index contributed by atoms with van der Waals surface area (Å²) in [5, 5.41) is 22.2. The Morgan fingerprint density at radius 3 is 2.80 bits per heavy atom. The zero-order valence-electron chi connectivity index (χ0n) is 10.5. The SMILES string of the molecule is C/C(N)=C(/C#N)c1csc(-c2ccccc2[N+](=O)[O-])n1. The molecule has 0 bridgehead atoms. The number of hydrogen-bond acceptors (Lipinski definition) is 6. The van der Waals surface area contributed by atoms with Crippen LogP contribution >= 0.6 is 11.3 Å². The first-order valence-corrected chi connectivity index (χ1v) is 6.48. The van der Waals surface area contributed by atoms with Gasteiger partial charge in [0.2, 0.25) is 0 Å². The Hall–Kier alpha value is -2.72. The molecule has 100 valence electrons. The largest absolute Gasteiger partial charge is 0.401 e. The number of nitro groups is 1. The highest BCUT2D eigenvalue weighted by Crippen LogP contribution is 2.33. The van der Waals surface area contributed by atoms with Gasteiger partial charge in [0.25, 0.3) is 5.69 Å². The molecule has 0 amide bonds. The molecule has 0 saturated carbocycles. The summed E-state index contributed by atoms with van der Waals surface area (Å²) in [4.78, 5) is 14.8. The predicted molar refractivity (Wildman–Crippen MR) is 76.6 cm³/mol. The van der Waals surface area contributed by atoms with E-state index in [1.807, 2.05) is 6.07 Å². The lowest BCUT2D eigenvalue weighted by Gasteiger charge is -1.98. The van der Waals surface area contributed by atoms with Gasteiger partial charge in [-0.3, -0.25) is 10.1 Å². The molecule has 7 heteroatoms. The molecule has 2 aromatic rings. The smallest absolute Gasteiger partial charge is 0.279 e. The topological polar surface area (TPSA) is 106 Å². The fraction of sp³-hybridized carbons (Fsp3) is 0.0769. The molecule has 0 spiro atoms. The Balaban J connectivity index is 2.53. The van der Waals surface area contributed by atoms with Gasteiger partial charge in [-0.1, -0.05) is 12.1 Å². The second-order valence-corrected chi connectivity index (χ2v) is 4.84. The van der Waals surface area contributed by atoms with Crippen molar-refractivity contribution >= 4 is 22.6 Å². The third-order valence-electron chi connectivity index (χ3n) is 2.60. The van der Waals surface area contributed by atoms with Gasteiger partial charge in [-0.2, -0.15) is 5.26 Å². The molecule has 0 aliphatic heterocycles. The van der Waals surface area contributed by atoms with E-state index >= 15 is 0 Å². The summed E-state index contributed by atoms with van der Waals surface area (Å²) in [6, 6.07) is 8.34. The van der Waals surface area contributed by atoms with Gasteiger partial charge in [-0.15, -0.1) is 11.3 Å². The molecule has 0 unspecified atom stereocenters. The van der Waals surface area contributed by atoms with Crippen LogP contribution in [0.5, 0.6) is 0 Å². The van der Waals surface area contributed by atoms with Crippen LogP contribution in [0, 0.1) is 21.4 Å². The molecule has 0 atom stereocenters. The molecule has 1 aromatic heterocycles. The van der Waals surface area contributed by atoms with Gasteiger partial charge in [-0.25, -0.2) is 4.98 Å². The Kier molecular flexibility index (Phi) is 3.77. The number of thiazole rings is 1. The minimum atomic E-state index is -0.453. The van der Waals surface area contributed by atoms with Crippen molar-refractivity contribution < 1.29 is 4.92 Å². The van der Waals surface area contributed by atoms with E-state index in [0.717, 1.165) is 0 Å². The lowest BCUT2D eigenvalue weighted by molar-refractivity contribution is -0.384. The van der Waals surface area contributed by atoms with E-state index in [0.29, 0.717) is 22.0 Å². The van der Waals surface area contributed by atoms with Gasteiger partial charge in [0.05, 0.1) is 21.8 Å². The summed E-state index contributed by atoms with van der Waals surface area (Å²) < 4.78 is 0. The number of aromatic nitrogens is 1. The van der Waals surface area contributed by atoms with Crippen LogP contribution in [0.2, 0.25) is 0 Å². The van der Waals surface area contributed by atoms with Gasteiger partial charge < -0.3 is 5.73 Å². The summed E-state index contributed by atoms with van der Waals surface area (Å²) in [5.74, 6) is 0. The molecule has 0 radical (unpaired) electrons. The fourth-order valence-corrected chi connectivity index (χ4v) is 2.52. The quantitative estimate of drug-likeness (QED) is 0.530. The lowest BCUT2D eigenvalue weighted by Crippen LogP contribution is -1.97. The Labute approximate surface area is 119 Å². The first-order valence-electron chi connectivity index (χ1n) is 5.60. The number of nitro benzene ring substituents is 1. The van der Waals surface area contributed by atoms with Crippen LogP contribution in [0.1, 0.15) is 12.6 Å². The number of para-hydroxylation sites is 1. The maximum absolute atomic E-state index is 11.0. The number of nitriles is 1. The van der Waals surface area contributed by atoms with E-state index in [1.165, 1.54) is 17.4 Å². The molecule has 1 heterocycles. The molecule has 20 heavy (non-hydrogen) atoms. The molecule has 2 rings (SSSR count). The molecule has 0 saturated heterocycles. The van der Waals surface area contributed by atoms with Gasteiger partial charge >= 0.3 is 0 Å². The third-order valence-corrected chi connectivity index (χ3v) is 3.47. The van der Waals surface area contributed by atoms with Crippen molar-refractivity contribution in [1.29, 1.82) is 5.26 Å². The number of nitrogens with zero attached hydrogens (tertiary/aromatic N) is 3. The normalized spacial score (nSPS) is 11.6. The monoisotopic (exact) mass is 286 g/mol. The average Bonchev–Trinajstić information content (AvgIpc) is 2.88. The van der Waals surface area contributed by atoms with E-state index in [9.17, 15) is 10.1 Å². The van der Waals surface area contributed by atoms with Crippen LogP contribution < -0.4 is 5.73 Å². The van der Waals surface area contributed by atoms with Crippen molar-refractivity contribution in [2.75, 3.05) is 0 Å². The standard InChI is InChI=1S/C13H10N4O2S/c1-8(15)10(6-14)11-7-20-13(16-11)9-4-2-3-5-12(9)17(18)19/h2-5,7H,15H2,1H3/b10-8+. The van der Waals surface area contributed by atoms with Gasteiger partial charge in [-0.05, 0) is 13.0 Å². The number of allylic oxidation sites excluding steroid dienone is 2. The molecular formula is C13H10N4O2S. The number of benzene rings is 1. The van der Waals surface area contributed by atoms with Crippen LogP contribution in [0.4, 0.5) is 5.69 Å². The van der Waals surface area contributed by atoms with E-state index in [-0.39, 0.29) is 11.3 Å². The highest BCUT2D eigenvalue weighted by molar-refractivity contribution is 7.13. The summed E-state index contributed by atoms with van der Waals surface area (Å²) in [6.45, 7) is 1.61. The van der Waals surface area contributed by atoms with Crippen LogP contribution in [0.25, 0.3) is 16.1 Å². The van der Waals surface area contributed by atoms with Crippen molar-refractivity contribution in [2.45, 2.75) is 6.92 Å². The molecule has 6 nitrogen and oxygen atoms in total. The summed E-state index contributed by atoms with van der Waals surface area (Å²) in [5.41, 5.74) is 7.12. The first-order chi connectivity index (χ1) is 9.54. The first kappa shape index (κ1) is 13.7. The zero-order valence-corrected chi connectivity index (χ0v) is 11.3. The second-order valence-electron chi connectivity index (χ2n) is 3.98.